The van der Waals surface area contributed by atoms with Crippen LogP contribution in [-0.2, 0) is 11.3 Å². The molecule has 1 unspecified atom stereocenters. The van der Waals surface area contributed by atoms with Gasteiger partial charge in [-0.3, -0.25) is 4.79 Å². The maximum Gasteiger partial charge on any atom is 0.237 e. The van der Waals surface area contributed by atoms with Gasteiger partial charge in [0.05, 0.1) is 12.6 Å². The highest BCUT2D eigenvalue weighted by Gasteiger charge is 2.21. The smallest absolute Gasteiger partial charge is 0.237 e. The first kappa shape index (κ1) is 15.8. The van der Waals surface area contributed by atoms with Gasteiger partial charge < -0.3 is 15.4 Å². The van der Waals surface area contributed by atoms with E-state index in [1.165, 1.54) is 0 Å². The van der Waals surface area contributed by atoms with Crippen molar-refractivity contribution < 1.29 is 9.53 Å². The number of benzene rings is 1. The highest BCUT2D eigenvalue weighted by molar-refractivity contribution is 5.85. The van der Waals surface area contributed by atoms with Gasteiger partial charge in [0, 0.05) is 12.1 Å². The lowest BCUT2D eigenvalue weighted by Gasteiger charge is -2.13. The van der Waals surface area contributed by atoms with E-state index in [1.807, 2.05) is 31.2 Å². The first-order chi connectivity index (χ1) is 8.81. The van der Waals surface area contributed by atoms with Crippen LogP contribution in [0.2, 0.25) is 0 Å². The average Bonchev–Trinajstić information content (AvgIpc) is 2.92. The minimum absolute atomic E-state index is 0. The van der Waals surface area contributed by atoms with Gasteiger partial charge in [-0.1, -0.05) is 18.2 Å². The Kier molecular flexibility index (Phi) is 6.67. The van der Waals surface area contributed by atoms with Crippen LogP contribution in [0.25, 0.3) is 0 Å². The molecule has 4 nitrogen and oxygen atoms in total. The lowest BCUT2D eigenvalue weighted by molar-refractivity contribution is -0.122. The third-order valence-corrected chi connectivity index (χ3v) is 3.10. The third-order valence-electron chi connectivity index (χ3n) is 3.10. The number of ether oxygens (including phenoxy) is 1. The molecule has 0 spiro atoms. The van der Waals surface area contributed by atoms with Crippen LogP contribution < -0.4 is 15.4 Å². The molecule has 2 rings (SSSR count). The first-order valence-corrected chi connectivity index (χ1v) is 6.53. The van der Waals surface area contributed by atoms with Gasteiger partial charge >= 0.3 is 0 Å². The number of amides is 1. The van der Waals surface area contributed by atoms with E-state index in [1.54, 1.807) is 0 Å². The Morgan fingerprint density at radius 3 is 2.95 bits per heavy atom. The quantitative estimate of drug-likeness (QED) is 0.868. The van der Waals surface area contributed by atoms with Gasteiger partial charge in [0.2, 0.25) is 5.91 Å². The van der Waals surface area contributed by atoms with Crippen molar-refractivity contribution >= 4 is 18.3 Å². The van der Waals surface area contributed by atoms with Crippen LogP contribution in [0.4, 0.5) is 0 Å². The lowest BCUT2D eigenvalue weighted by Crippen LogP contribution is -2.40. The summed E-state index contributed by atoms with van der Waals surface area (Å²) in [6, 6.07) is 7.78. The number of hydrogen-bond acceptors (Lipinski definition) is 3. The van der Waals surface area contributed by atoms with Crippen LogP contribution >= 0.6 is 12.4 Å². The Balaban J connectivity index is 0.00000180. The molecule has 1 fully saturated rings. The van der Waals surface area contributed by atoms with Gasteiger partial charge in [0.25, 0.3) is 0 Å². The molecule has 1 aromatic rings. The summed E-state index contributed by atoms with van der Waals surface area (Å²) >= 11 is 0. The predicted molar refractivity (Wildman–Crippen MR) is 77.7 cm³/mol. The van der Waals surface area contributed by atoms with Crippen molar-refractivity contribution in [2.75, 3.05) is 13.2 Å². The molecular weight excluding hydrogens is 264 g/mol. The highest BCUT2D eigenvalue weighted by Crippen LogP contribution is 2.17. The van der Waals surface area contributed by atoms with Crippen LogP contribution in [0.1, 0.15) is 25.3 Å². The fraction of sp³-hybridized carbons (Fsp3) is 0.500. The Morgan fingerprint density at radius 1 is 1.47 bits per heavy atom. The summed E-state index contributed by atoms with van der Waals surface area (Å²) in [7, 11) is 0. The SMILES string of the molecule is CCOc1ccccc1CNC(=O)C1CCCN1.Cl. The molecule has 106 valence electrons. The van der Waals surface area contributed by atoms with E-state index in [2.05, 4.69) is 10.6 Å². The molecule has 19 heavy (non-hydrogen) atoms. The van der Waals surface area contributed by atoms with Crippen molar-refractivity contribution in [2.24, 2.45) is 0 Å². The zero-order chi connectivity index (χ0) is 12.8. The van der Waals surface area contributed by atoms with E-state index in [9.17, 15) is 4.79 Å². The van der Waals surface area contributed by atoms with Crippen molar-refractivity contribution in [1.82, 2.24) is 10.6 Å². The zero-order valence-corrected chi connectivity index (χ0v) is 12.0. The van der Waals surface area contributed by atoms with Crippen LogP contribution in [0.5, 0.6) is 5.75 Å². The second-order valence-electron chi connectivity index (χ2n) is 4.41. The lowest BCUT2D eigenvalue weighted by atomic mass is 10.2. The summed E-state index contributed by atoms with van der Waals surface area (Å²) in [5, 5.41) is 6.15. The molecule has 1 heterocycles. The van der Waals surface area contributed by atoms with E-state index in [4.69, 9.17) is 4.74 Å². The van der Waals surface area contributed by atoms with Gasteiger partial charge in [0.1, 0.15) is 5.75 Å². The first-order valence-electron chi connectivity index (χ1n) is 6.53. The standard InChI is InChI=1S/C14H20N2O2.ClH/c1-2-18-13-8-4-3-6-11(13)10-16-14(17)12-7-5-9-15-12;/h3-4,6,8,12,15H,2,5,7,9-10H2,1H3,(H,16,17);1H. The second kappa shape index (κ2) is 8.02. The van der Waals surface area contributed by atoms with Crippen molar-refractivity contribution in [1.29, 1.82) is 0 Å². The molecule has 1 atom stereocenters. The summed E-state index contributed by atoms with van der Waals surface area (Å²) in [6.45, 7) is 4.05. The molecule has 1 aliphatic rings. The van der Waals surface area contributed by atoms with Crippen LogP contribution in [-0.4, -0.2) is 25.1 Å². The Bertz CT molecular complexity index is 406. The largest absolute Gasteiger partial charge is 0.494 e. The number of carbonyl (C=O) groups is 1. The van der Waals surface area contributed by atoms with E-state index in [0.717, 1.165) is 30.7 Å². The monoisotopic (exact) mass is 284 g/mol. The fourth-order valence-electron chi connectivity index (χ4n) is 2.16. The van der Waals surface area contributed by atoms with Crippen molar-refractivity contribution in [2.45, 2.75) is 32.4 Å². The average molecular weight is 285 g/mol. The summed E-state index contributed by atoms with van der Waals surface area (Å²) < 4.78 is 5.53. The van der Waals surface area contributed by atoms with E-state index in [-0.39, 0.29) is 24.4 Å². The van der Waals surface area contributed by atoms with Crippen molar-refractivity contribution in [3.63, 3.8) is 0 Å². The number of hydrogen-bond donors (Lipinski definition) is 2. The summed E-state index contributed by atoms with van der Waals surface area (Å²) in [5.74, 6) is 0.929. The number of rotatable bonds is 5. The zero-order valence-electron chi connectivity index (χ0n) is 11.1. The molecule has 1 aromatic carbocycles. The van der Waals surface area contributed by atoms with Gasteiger partial charge in [0.15, 0.2) is 0 Å². The molecule has 0 saturated carbocycles. The van der Waals surface area contributed by atoms with E-state index in [0.29, 0.717) is 13.2 Å². The van der Waals surface area contributed by atoms with Gasteiger partial charge in [-0.2, -0.15) is 0 Å². The summed E-state index contributed by atoms with van der Waals surface area (Å²) in [5.41, 5.74) is 1.02. The maximum absolute atomic E-state index is 11.9. The molecule has 0 aromatic heterocycles. The molecule has 1 amide bonds. The predicted octanol–water partition coefficient (Wildman–Crippen LogP) is 1.88. The van der Waals surface area contributed by atoms with Crippen LogP contribution in [0.3, 0.4) is 0 Å². The van der Waals surface area contributed by atoms with Gasteiger partial charge in [-0.15, -0.1) is 12.4 Å². The molecule has 0 aliphatic carbocycles. The number of carbonyl (C=O) groups excluding carboxylic acids is 1. The summed E-state index contributed by atoms with van der Waals surface area (Å²) in [6.07, 6.45) is 2.01. The molecule has 2 N–H and O–H groups in total. The number of nitrogens with one attached hydrogen (secondary N) is 2. The number of para-hydroxylation sites is 1. The normalized spacial score (nSPS) is 17.6. The van der Waals surface area contributed by atoms with Crippen molar-refractivity contribution in [3.05, 3.63) is 29.8 Å². The van der Waals surface area contributed by atoms with Gasteiger partial charge in [-0.25, -0.2) is 0 Å². The van der Waals surface area contributed by atoms with Crippen LogP contribution in [0, 0.1) is 0 Å². The van der Waals surface area contributed by atoms with Gasteiger partial charge in [-0.05, 0) is 32.4 Å². The molecule has 1 aliphatic heterocycles. The molecule has 1 saturated heterocycles. The molecule has 5 heteroatoms. The Labute approximate surface area is 120 Å². The second-order valence-corrected chi connectivity index (χ2v) is 4.41. The minimum Gasteiger partial charge on any atom is -0.494 e. The number of halogens is 1. The van der Waals surface area contributed by atoms with Crippen LogP contribution in [0.15, 0.2) is 24.3 Å². The minimum atomic E-state index is -0.0238. The maximum atomic E-state index is 11.9. The van der Waals surface area contributed by atoms with E-state index < -0.39 is 0 Å². The topological polar surface area (TPSA) is 50.4 Å². The van der Waals surface area contributed by atoms with Crippen molar-refractivity contribution in [3.8, 4) is 5.75 Å². The highest BCUT2D eigenvalue weighted by atomic mass is 35.5. The molecule has 0 radical (unpaired) electrons. The van der Waals surface area contributed by atoms with E-state index >= 15 is 0 Å². The Morgan fingerprint density at radius 2 is 2.26 bits per heavy atom. The molecular formula is C14H21ClN2O2. The summed E-state index contributed by atoms with van der Waals surface area (Å²) in [4.78, 5) is 11.9. The Hall–Kier alpha value is -1.26. The molecule has 0 bridgehead atoms. The third kappa shape index (κ3) is 4.40. The fourth-order valence-corrected chi connectivity index (χ4v) is 2.16.